The van der Waals surface area contributed by atoms with Crippen molar-refractivity contribution in [2.24, 2.45) is 0 Å². The number of hydrogen-bond acceptors (Lipinski definition) is 3. The number of methoxy groups -OCH3 is 1. The molecule has 0 atom stereocenters. The molecule has 2 aromatic carbocycles. The summed E-state index contributed by atoms with van der Waals surface area (Å²) in [7, 11) is 1.48. The van der Waals surface area contributed by atoms with Crippen molar-refractivity contribution in [1.82, 2.24) is 0 Å². The predicted octanol–water partition coefficient (Wildman–Crippen LogP) is 4.37. The summed E-state index contributed by atoms with van der Waals surface area (Å²) < 4.78 is 48.9. The number of rotatable bonds is 2. The van der Waals surface area contributed by atoms with Crippen LogP contribution in [0.2, 0.25) is 0 Å². The van der Waals surface area contributed by atoms with Crippen LogP contribution in [0.3, 0.4) is 0 Å². The molecule has 6 heteroatoms. The van der Waals surface area contributed by atoms with Gasteiger partial charge < -0.3 is 9.47 Å². The Kier molecular flexibility index (Phi) is 4.05. The second kappa shape index (κ2) is 6.03. The van der Waals surface area contributed by atoms with Gasteiger partial charge in [0.25, 0.3) is 0 Å². The van der Waals surface area contributed by atoms with Crippen LogP contribution in [0.1, 0.15) is 21.5 Å². The van der Waals surface area contributed by atoms with Crippen molar-refractivity contribution in [2.45, 2.75) is 6.18 Å². The van der Waals surface area contributed by atoms with E-state index in [4.69, 9.17) is 9.47 Å². The maximum Gasteiger partial charge on any atom is 0.416 e. The normalized spacial score (nSPS) is 15.8. The first kappa shape index (κ1) is 16.1. The molecule has 0 aromatic heterocycles. The van der Waals surface area contributed by atoms with E-state index in [9.17, 15) is 18.0 Å². The lowest BCUT2D eigenvalue weighted by Gasteiger charge is -2.19. The van der Waals surface area contributed by atoms with Crippen molar-refractivity contribution >= 4 is 11.9 Å². The zero-order valence-corrected chi connectivity index (χ0v) is 12.7. The lowest BCUT2D eigenvalue weighted by atomic mass is 9.97. The van der Waals surface area contributed by atoms with Crippen LogP contribution in [0.15, 0.2) is 48.0 Å². The topological polar surface area (TPSA) is 35.5 Å². The van der Waals surface area contributed by atoms with Crippen molar-refractivity contribution in [3.05, 3.63) is 64.7 Å². The average Bonchev–Trinajstić information content (AvgIpc) is 2.57. The summed E-state index contributed by atoms with van der Waals surface area (Å²) in [4.78, 5) is 12.5. The van der Waals surface area contributed by atoms with Crippen LogP contribution >= 0.6 is 0 Å². The number of carbonyl (C=O) groups excluding carboxylic acids is 1. The first-order valence-corrected chi connectivity index (χ1v) is 7.12. The molecule has 0 aliphatic carbocycles. The van der Waals surface area contributed by atoms with Gasteiger partial charge >= 0.3 is 6.18 Å². The van der Waals surface area contributed by atoms with Crippen LogP contribution in [0.25, 0.3) is 6.08 Å². The molecule has 0 fully saturated rings. The minimum Gasteiger partial charge on any atom is -0.497 e. The molecule has 0 bridgehead atoms. The van der Waals surface area contributed by atoms with Crippen LogP contribution in [-0.2, 0) is 6.18 Å². The molecule has 0 saturated heterocycles. The highest BCUT2D eigenvalue weighted by molar-refractivity contribution is 6.14. The number of carbonyl (C=O) groups is 1. The number of benzene rings is 2. The highest BCUT2D eigenvalue weighted by Gasteiger charge is 2.30. The van der Waals surface area contributed by atoms with E-state index >= 15 is 0 Å². The Bertz CT molecular complexity index is 822. The maximum absolute atomic E-state index is 12.8. The minimum absolute atomic E-state index is 0.00834. The van der Waals surface area contributed by atoms with E-state index in [2.05, 4.69) is 0 Å². The van der Waals surface area contributed by atoms with E-state index < -0.39 is 11.7 Å². The predicted molar refractivity (Wildman–Crippen MR) is 82.2 cm³/mol. The molecule has 0 unspecified atom stereocenters. The highest BCUT2D eigenvalue weighted by atomic mass is 19.4. The lowest BCUT2D eigenvalue weighted by molar-refractivity contribution is -0.137. The van der Waals surface area contributed by atoms with Crippen molar-refractivity contribution in [2.75, 3.05) is 13.7 Å². The van der Waals surface area contributed by atoms with E-state index in [0.717, 1.165) is 12.1 Å². The van der Waals surface area contributed by atoms with Gasteiger partial charge in [-0.2, -0.15) is 13.2 Å². The van der Waals surface area contributed by atoms with Gasteiger partial charge in [-0.1, -0.05) is 12.1 Å². The molecule has 1 aliphatic heterocycles. The fourth-order valence-corrected chi connectivity index (χ4v) is 2.45. The summed E-state index contributed by atoms with van der Waals surface area (Å²) in [5, 5.41) is 0. The summed E-state index contributed by atoms with van der Waals surface area (Å²) in [6, 6.07) is 9.66. The number of fused-ring (bicyclic) bond motifs is 1. The Morgan fingerprint density at radius 2 is 1.96 bits per heavy atom. The first-order chi connectivity index (χ1) is 11.4. The third-order valence-electron chi connectivity index (χ3n) is 3.66. The highest BCUT2D eigenvalue weighted by Crippen LogP contribution is 2.32. The number of alkyl halides is 3. The molecule has 0 N–H and O–H groups in total. The van der Waals surface area contributed by atoms with E-state index in [1.54, 1.807) is 18.2 Å². The quantitative estimate of drug-likeness (QED) is 0.765. The zero-order chi connectivity index (χ0) is 17.3. The summed E-state index contributed by atoms with van der Waals surface area (Å²) in [6.45, 7) is 0.00834. The van der Waals surface area contributed by atoms with Gasteiger partial charge in [-0.25, -0.2) is 0 Å². The molecule has 1 aliphatic rings. The van der Waals surface area contributed by atoms with Crippen LogP contribution in [0.5, 0.6) is 11.5 Å². The first-order valence-electron chi connectivity index (χ1n) is 7.12. The maximum atomic E-state index is 12.8. The van der Waals surface area contributed by atoms with Gasteiger partial charge in [0.1, 0.15) is 18.1 Å². The van der Waals surface area contributed by atoms with E-state index in [0.29, 0.717) is 22.6 Å². The Morgan fingerprint density at radius 1 is 1.17 bits per heavy atom. The molecule has 2 aromatic rings. The SMILES string of the molecule is COc1ccc2c(c1)C(=O)/C(=C/c1cccc(C(F)(F)F)c1)CO2. The van der Waals surface area contributed by atoms with Gasteiger partial charge in [0.2, 0.25) is 0 Å². The van der Waals surface area contributed by atoms with Gasteiger partial charge in [0, 0.05) is 5.57 Å². The van der Waals surface area contributed by atoms with Crippen molar-refractivity contribution in [3.8, 4) is 11.5 Å². The van der Waals surface area contributed by atoms with Crippen molar-refractivity contribution in [3.63, 3.8) is 0 Å². The molecular formula is C18H13F3O3. The number of halogens is 3. The molecule has 3 rings (SSSR count). The van der Waals surface area contributed by atoms with Crippen LogP contribution in [0.4, 0.5) is 13.2 Å². The number of Topliss-reactive ketones (excluding diaryl/α,β-unsaturated/α-hetero) is 1. The largest absolute Gasteiger partial charge is 0.497 e. The van der Waals surface area contributed by atoms with E-state index in [1.165, 1.54) is 25.3 Å². The fourth-order valence-electron chi connectivity index (χ4n) is 2.45. The zero-order valence-electron chi connectivity index (χ0n) is 12.7. The Balaban J connectivity index is 1.96. The van der Waals surface area contributed by atoms with Gasteiger partial charge in [0.15, 0.2) is 5.78 Å². The van der Waals surface area contributed by atoms with Gasteiger partial charge in [0.05, 0.1) is 18.2 Å². The van der Waals surface area contributed by atoms with Gasteiger partial charge in [-0.15, -0.1) is 0 Å². The molecule has 24 heavy (non-hydrogen) atoms. The molecule has 3 nitrogen and oxygen atoms in total. The van der Waals surface area contributed by atoms with Crippen molar-refractivity contribution < 1.29 is 27.4 Å². The minimum atomic E-state index is -4.43. The Morgan fingerprint density at radius 3 is 2.67 bits per heavy atom. The van der Waals surface area contributed by atoms with E-state index in [1.807, 2.05) is 0 Å². The Hall–Kier alpha value is -2.76. The van der Waals surface area contributed by atoms with Crippen LogP contribution in [-0.4, -0.2) is 19.5 Å². The molecule has 0 saturated carbocycles. The van der Waals surface area contributed by atoms with Crippen LogP contribution in [0, 0.1) is 0 Å². The van der Waals surface area contributed by atoms with Crippen molar-refractivity contribution in [1.29, 1.82) is 0 Å². The molecule has 0 amide bonds. The molecule has 0 radical (unpaired) electrons. The number of hydrogen-bond donors (Lipinski definition) is 0. The monoisotopic (exact) mass is 334 g/mol. The standard InChI is InChI=1S/C18H13F3O3/c1-23-14-5-6-16-15(9-14)17(22)12(10-24-16)7-11-3-2-4-13(8-11)18(19,20)21/h2-9H,10H2,1H3/b12-7+. The Labute approximate surface area is 136 Å². The third-order valence-corrected chi connectivity index (χ3v) is 3.66. The van der Waals surface area contributed by atoms with E-state index in [-0.39, 0.29) is 18.0 Å². The molecule has 0 spiro atoms. The fraction of sp³-hybridized carbons (Fsp3) is 0.167. The summed E-state index contributed by atoms with van der Waals surface area (Å²) in [5.74, 6) is 0.653. The average molecular weight is 334 g/mol. The second-order valence-corrected chi connectivity index (χ2v) is 5.27. The van der Waals surface area contributed by atoms with Crippen LogP contribution < -0.4 is 9.47 Å². The third kappa shape index (κ3) is 3.13. The molecular weight excluding hydrogens is 321 g/mol. The number of ether oxygens (including phenoxy) is 2. The smallest absolute Gasteiger partial charge is 0.416 e. The molecule has 1 heterocycles. The summed E-state index contributed by atoms with van der Waals surface area (Å²) in [6.07, 6.45) is -3.01. The second-order valence-electron chi connectivity index (χ2n) is 5.27. The summed E-state index contributed by atoms with van der Waals surface area (Å²) in [5.41, 5.74) is 0.153. The van der Waals surface area contributed by atoms with Gasteiger partial charge in [-0.3, -0.25) is 4.79 Å². The summed E-state index contributed by atoms with van der Waals surface area (Å²) >= 11 is 0. The van der Waals surface area contributed by atoms with Gasteiger partial charge in [-0.05, 0) is 42.0 Å². The lowest BCUT2D eigenvalue weighted by Crippen LogP contribution is -2.19. The number of ketones is 1. The molecule has 124 valence electrons.